The van der Waals surface area contributed by atoms with Crippen molar-refractivity contribution in [3.05, 3.63) is 65.2 Å². The zero-order valence-electron chi connectivity index (χ0n) is 12.6. The van der Waals surface area contributed by atoms with E-state index >= 15 is 0 Å². The highest BCUT2D eigenvalue weighted by Crippen LogP contribution is 2.12. The van der Waals surface area contributed by atoms with Crippen molar-refractivity contribution < 1.29 is 14.3 Å². The van der Waals surface area contributed by atoms with Gasteiger partial charge in [0.1, 0.15) is 5.75 Å². The number of carbonyl (C=O) groups is 2. The van der Waals surface area contributed by atoms with Gasteiger partial charge in [-0.15, -0.1) is 0 Å². The van der Waals surface area contributed by atoms with Gasteiger partial charge in [-0.25, -0.2) is 0 Å². The standard InChI is InChI=1S/C17H17ClN2O3/c1-2-15(23-14-6-4-3-5-7-14)17(22)20-19-16(21)12-8-10-13(18)11-9-12/h3-11,15H,2H2,1H3,(H,19,21)(H,20,22). The molecule has 0 heterocycles. The number of hydrazine groups is 1. The van der Waals surface area contributed by atoms with E-state index in [1.807, 2.05) is 25.1 Å². The summed E-state index contributed by atoms with van der Waals surface area (Å²) in [6.45, 7) is 1.83. The lowest BCUT2D eigenvalue weighted by Crippen LogP contribution is -2.47. The van der Waals surface area contributed by atoms with E-state index in [0.717, 1.165) is 0 Å². The van der Waals surface area contributed by atoms with Gasteiger partial charge in [-0.05, 0) is 42.8 Å². The molecule has 0 radical (unpaired) electrons. The lowest BCUT2D eigenvalue weighted by Gasteiger charge is -2.17. The molecule has 0 saturated carbocycles. The highest BCUT2D eigenvalue weighted by atomic mass is 35.5. The monoisotopic (exact) mass is 332 g/mol. The molecule has 0 spiro atoms. The summed E-state index contributed by atoms with van der Waals surface area (Å²) >= 11 is 5.76. The highest BCUT2D eigenvalue weighted by molar-refractivity contribution is 6.30. The van der Waals surface area contributed by atoms with E-state index < -0.39 is 17.9 Å². The van der Waals surface area contributed by atoms with Crippen LogP contribution in [-0.2, 0) is 4.79 Å². The summed E-state index contributed by atoms with van der Waals surface area (Å²) in [7, 11) is 0. The second kappa shape index (κ2) is 8.19. The molecule has 6 heteroatoms. The molecule has 2 aromatic rings. The molecule has 0 aliphatic heterocycles. The van der Waals surface area contributed by atoms with E-state index in [9.17, 15) is 9.59 Å². The van der Waals surface area contributed by atoms with Gasteiger partial charge in [0, 0.05) is 10.6 Å². The smallest absolute Gasteiger partial charge is 0.279 e. The molecule has 2 N–H and O–H groups in total. The van der Waals surface area contributed by atoms with Crippen molar-refractivity contribution in [1.29, 1.82) is 0 Å². The van der Waals surface area contributed by atoms with Crippen LogP contribution in [0.15, 0.2) is 54.6 Å². The Balaban J connectivity index is 1.89. The van der Waals surface area contributed by atoms with Gasteiger partial charge in [0.2, 0.25) is 0 Å². The molecule has 0 bridgehead atoms. The van der Waals surface area contributed by atoms with Crippen LogP contribution in [0.4, 0.5) is 0 Å². The predicted molar refractivity (Wildman–Crippen MR) is 88.2 cm³/mol. The molecule has 120 valence electrons. The first-order chi connectivity index (χ1) is 11.1. The second-order valence-electron chi connectivity index (χ2n) is 4.78. The molecular weight excluding hydrogens is 316 g/mol. The molecular formula is C17H17ClN2O3. The van der Waals surface area contributed by atoms with Crippen LogP contribution in [-0.4, -0.2) is 17.9 Å². The molecule has 23 heavy (non-hydrogen) atoms. The van der Waals surface area contributed by atoms with Crippen LogP contribution in [0.3, 0.4) is 0 Å². The molecule has 0 aliphatic carbocycles. The van der Waals surface area contributed by atoms with Crippen LogP contribution in [0.1, 0.15) is 23.7 Å². The van der Waals surface area contributed by atoms with Crippen LogP contribution in [0.5, 0.6) is 5.75 Å². The van der Waals surface area contributed by atoms with E-state index in [-0.39, 0.29) is 0 Å². The van der Waals surface area contributed by atoms with Gasteiger partial charge in [0.15, 0.2) is 6.10 Å². The lowest BCUT2D eigenvalue weighted by molar-refractivity contribution is -0.128. The van der Waals surface area contributed by atoms with Gasteiger partial charge >= 0.3 is 0 Å². The van der Waals surface area contributed by atoms with Crippen molar-refractivity contribution in [1.82, 2.24) is 10.9 Å². The Bertz CT molecular complexity index is 659. The number of carbonyl (C=O) groups excluding carboxylic acids is 2. The summed E-state index contributed by atoms with van der Waals surface area (Å²) in [5, 5.41) is 0.535. The number of nitrogens with one attached hydrogen (secondary N) is 2. The fraction of sp³-hybridized carbons (Fsp3) is 0.176. The Kier molecular flexibility index (Phi) is 6.00. The summed E-state index contributed by atoms with van der Waals surface area (Å²) in [6.07, 6.45) is -0.222. The predicted octanol–water partition coefficient (Wildman–Crippen LogP) is 2.96. The normalized spacial score (nSPS) is 11.4. The van der Waals surface area contributed by atoms with Crippen molar-refractivity contribution in [2.24, 2.45) is 0 Å². The molecule has 1 atom stereocenters. The van der Waals surface area contributed by atoms with Gasteiger partial charge in [-0.1, -0.05) is 36.7 Å². The zero-order chi connectivity index (χ0) is 16.7. The van der Waals surface area contributed by atoms with Crippen LogP contribution < -0.4 is 15.6 Å². The third kappa shape index (κ3) is 5.00. The summed E-state index contributed by atoms with van der Waals surface area (Å²) < 4.78 is 5.60. The SMILES string of the molecule is CCC(Oc1ccccc1)C(=O)NNC(=O)c1ccc(Cl)cc1. The lowest BCUT2D eigenvalue weighted by atomic mass is 10.2. The minimum Gasteiger partial charge on any atom is -0.481 e. The maximum atomic E-state index is 12.1. The Morgan fingerprint density at radius 1 is 1.04 bits per heavy atom. The van der Waals surface area contributed by atoms with Gasteiger partial charge in [0.25, 0.3) is 11.8 Å². The van der Waals surface area contributed by atoms with Crippen molar-refractivity contribution in [3.8, 4) is 5.75 Å². The molecule has 0 fully saturated rings. The quantitative estimate of drug-likeness (QED) is 0.827. The Hall–Kier alpha value is -2.53. The largest absolute Gasteiger partial charge is 0.481 e. The molecule has 2 amide bonds. The van der Waals surface area contributed by atoms with Crippen LogP contribution >= 0.6 is 11.6 Å². The molecule has 2 aromatic carbocycles. The van der Waals surface area contributed by atoms with Crippen molar-refractivity contribution in [2.45, 2.75) is 19.4 Å². The summed E-state index contributed by atoms with van der Waals surface area (Å²) in [4.78, 5) is 24.0. The van der Waals surface area contributed by atoms with Crippen molar-refractivity contribution in [2.75, 3.05) is 0 Å². The van der Waals surface area contributed by atoms with Crippen LogP contribution in [0.25, 0.3) is 0 Å². The number of para-hydroxylation sites is 1. The highest BCUT2D eigenvalue weighted by Gasteiger charge is 2.19. The van der Waals surface area contributed by atoms with Gasteiger partial charge in [-0.3, -0.25) is 20.4 Å². The van der Waals surface area contributed by atoms with E-state index in [1.54, 1.807) is 36.4 Å². The number of amides is 2. The Morgan fingerprint density at radius 2 is 1.70 bits per heavy atom. The summed E-state index contributed by atoms with van der Waals surface area (Å²) in [6, 6.07) is 15.4. The van der Waals surface area contributed by atoms with E-state index in [1.165, 1.54) is 0 Å². The molecule has 2 rings (SSSR count). The molecule has 0 aromatic heterocycles. The fourth-order valence-electron chi connectivity index (χ4n) is 1.86. The van der Waals surface area contributed by atoms with Crippen LogP contribution in [0.2, 0.25) is 5.02 Å². The first-order valence-corrected chi connectivity index (χ1v) is 7.55. The van der Waals surface area contributed by atoms with Crippen molar-refractivity contribution in [3.63, 3.8) is 0 Å². The third-order valence-electron chi connectivity index (χ3n) is 3.09. The summed E-state index contributed by atoms with van der Waals surface area (Å²) in [5.74, 6) is -0.248. The molecule has 1 unspecified atom stereocenters. The number of rotatable bonds is 5. The van der Waals surface area contributed by atoms with Gasteiger partial charge in [0.05, 0.1) is 0 Å². The second-order valence-corrected chi connectivity index (χ2v) is 5.21. The first kappa shape index (κ1) is 16.8. The third-order valence-corrected chi connectivity index (χ3v) is 3.34. The van der Waals surface area contributed by atoms with E-state index in [0.29, 0.717) is 22.8 Å². The maximum Gasteiger partial charge on any atom is 0.279 e. The number of halogens is 1. The average molecular weight is 333 g/mol. The Labute approximate surface area is 139 Å². The maximum absolute atomic E-state index is 12.1. The van der Waals surface area contributed by atoms with E-state index in [2.05, 4.69) is 10.9 Å². The Morgan fingerprint density at radius 3 is 2.30 bits per heavy atom. The van der Waals surface area contributed by atoms with E-state index in [4.69, 9.17) is 16.3 Å². The minimum atomic E-state index is -0.692. The minimum absolute atomic E-state index is 0.395. The molecule has 0 saturated heterocycles. The molecule has 0 aliphatic rings. The number of ether oxygens (including phenoxy) is 1. The number of benzene rings is 2. The number of hydrogen-bond donors (Lipinski definition) is 2. The fourth-order valence-corrected chi connectivity index (χ4v) is 1.98. The summed E-state index contributed by atoms with van der Waals surface area (Å²) in [5.41, 5.74) is 5.12. The number of hydrogen-bond acceptors (Lipinski definition) is 3. The van der Waals surface area contributed by atoms with Gasteiger partial charge in [-0.2, -0.15) is 0 Å². The zero-order valence-corrected chi connectivity index (χ0v) is 13.3. The molecule has 5 nitrogen and oxygen atoms in total. The topological polar surface area (TPSA) is 67.4 Å². The van der Waals surface area contributed by atoms with Crippen LogP contribution in [0, 0.1) is 0 Å². The van der Waals surface area contributed by atoms with Crippen molar-refractivity contribution >= 4 is 23.4 Å². The average Bonchev–Trinajstić information content (AvgIpc) is 2.58. The first-order valence-electron chi connectivity index (χ1n) is 7.17. The van der Waals surface area contributed by atoms with Gasteiger partial charge < -0.3 is 4.74 Å².